The molecule has 0 amide bonds. The van der Waals surface area contributed by atoms with Crippen LogP contribution < -0.4 is 21.5 Å². The Labute approximate surface area is 151 Å². The fourth-order valence-electron chi connectivity index (χ4n) is 2.75. The molecule has 4 rings (SSSR count). The van der Waals surface area contributed by atoms with Gasteiger partial charge in [-0.3, -0.25) is 14.0 Å². The Morgan fingerprint density at radius 2 is 2.12 bits per heavy atom. The van der Waals surface area contributed by atoms with E-state index in [1.54, 1.807) is 12.1 Å². The molecule has 0 bridgehead atoms. The summed E-state index contributed by atoms with van der Waals surface area (Å²) in [7, 11) is 0. The van der Waals surface area contributed by atoms with Crippen LogP contribution in [0.2, 0.25) is 0 Å². The summed E-state index contributed by atoms with van der Waals surface area (Å²) < 4.78 is 1.92. The maximum Gasteiger partial charge on any atom is 0.253 e. The lowest BCUT2D eigenvalue weighted by Gasteiger charge is -2.20. The summed E-state index contributed by atoms with van der Waals surface area (Å²) in [5, 5.41) is 17.6. The summed E-state index contributed by atoms with van der Waals surface area (Å²) >= 11 is 1.52. The van der Waals surface area contributed by atoms with Crippen molar-refractivity contribution in [1.82, 2.24) is 14.4 Å². The molecule has 1 aromatic carbocycles. The summed E-state index contributed by atoms with van der Waals surface area (Å²) in [6.07, 6.45) is 5.93. The molecular weight excluding hydrogens is 354 g/mol. The Hall–Kier alpha value is -3.20. The Bertz CT molecular complexity index is 1130. The maximum absolute atomic E-state index is 12.0. The molecule has 3 aromatic heterocycles. The van der Waals surface area contributed by atoms with Gasteiger partial charge in [-0.15, -0.1) is 11.3 Å². The number of thiazole rings is 1. The summed E-state index contributed by atoms with van der Waals surface area (Å²) in [4.78, 5) is 33.2. The fraction of sp³-hybridized carbons (Fsp3) is 0.176. The molecule has 3 heterocycles. The van der Waals surface area contributed by atoms with Crippen molar-refractivity contribution in [3.63, 3.8) is 0 Å². The van der Waals surface area contributed by atoms with E-state index in [1.165, 1.54) is 17.5 Å². The van der Waals surface area contributed by atoms with E-state index in [4.69, 9.17) is 0 Å². The minimum absolute atomic E-state index is 0.123. The second kappa shape index (κ2) is 6.26. The fourth-order valence-corrected chi connectivity index (χ4v) is 3.46. The third-order valence-corrected chi connectivity index (χ3v) is 4.92. The van der Waals surface area contributed by atoms with Gasteiger partial charge in [0.1, 0.15) is 17.1 Å². The average molecular weight is 369 g/mol. The number of imidazole rings is 1. The maximum atomic E-state index is 12.0. The SMILES string of the molecule is CCC(Nc1c(Nc2cccnc2O)c(=O)c1=O)c1cn2ccsc2n1. The number of nitrogens with zero attached hydrogens (tertiary/aromatic N) is 3. The van der Waals surface area contributed by atoms with E-state index in [0.717, 1.165) is 10.7 Å². The van der Waals surface area contributed by atoms with Crippen molar-refractivity contribution in [3.05, 3.63) is 62.2 Å². The predicted molar refractivity (Wildman–Crippen MR) is 100 cm³/mol. The number of aromatic nitrogens is 3. The van der Waals surface area contributed by atoms with Crippen LogP contribution >= 0.6 is 11.3 Å². The van der Waals surface area contributed by atoms with Gasteiger partial charge in [0, 0.05) is 24.0 Å². The van der Waals surface area contributed by atoms with Crippen molar-refractivity contribution in [1.29, 1.82) is 0 Å². The Morgan fingerprint density at radius 3 is 2.85 bits per heavy atom. The standard InChI is InChI=1S/C17H15N5O3S/c1-2-9(11-8-22-6-7-26-17(22)21-11)19-12-13(15(24)14(12)23)20-10-4-3-5-18-16(10)25/h3-9,19-20H,2H2,1H3,(H,18,25). The lowest BCUT2D eigenvalue weighted by Crippen LogP contribution is -2.37. The van der Waals surface area contributed by atoms with Crippen LogP contribution in [0.3, 0.4) is 0 Å². The van der Waals surface area contributed by atoms with Crippen molar-refractivity contribution < 1.29 is 5.11 Å². The Morgan fingerprint density at radius 1 is 1.31 bits per heavy atom. The lowest BCUT2D eigenvalue weighted by molar-refractivity contribution is 0.456. The minimum atomic E-state index is -0.628. The molecule has 0 aliphatic rings. The first kappa shape index (κ1) is 16.3. The predicted octanol–water partition coefficient (Wildman–Crippen LogP) is 2.40. The summed E-state index contributed by atoms with van der Waals surface area (Å²) in [6, 6.07) is 2.98. The molecule has 0 aliphatic carbocycles. The molecule has 4 aromatic rings. The molecule has 1 atom stereocenters. The first-order valence-electron chi connectivity index (χ1n) is 8.01. The number of nitrogens with one attached hydrogen (secondary N) is 2. The molecule has 0 saturated carbocycles. The third kappa shape index (κ3) is 2.62. The van der Waals surface area contributed by atoms with Crippen molar-refractivity contribution in [2.75, 3.05) is 10.6 Å². The zero-order valence-corrected chi connectivity index (χ0v) is 14.6. The first-order chi connectivity index (χ1) is 12.6. The number of aromatic hydroxyl groups is 1. The zero-order valence-electron chi connectivity index (χ0n) is 13.8. The van der Waals surface area contributed by atoms with Gasteiger partial charge in [-0.2, -0.15) is 0 Å². The van der Waals surface area contributed by atoms with Gasteiger partial charge in [0.15, 0.2) is 4.96 Å². The number of hydrogen-bond donors (Lipinski definition) is 3. The molecule has 3 N–H and O–H groups in total. The van der Waals surface area contributed by atoms with E-state index in [9.17, 15) is 14.7 Å². The van der Waals surface area contributed by atoms with Gasteiger partial charge in [-0.1, -0.05) is 6.92 Å². The van der Waals surface area contributed by atoms with E-state index in [2.05, 4.69) is 20.6 Å². The molecule has 0 aliphatic heterocycles. The van der Waals surface area contributed by atoms with Crippen LogP contribution in [0.25, 0.3) is 4.96 Å². The van der Waals surface area contributed by atoms with Gasteiger partial charge >= 0.3 is 0 Å². The smallest absolute Gasteiger partial charge is 0.253 e. The number of rotatable bonds is 6. The van der Waals surface area contributed by atoms with E-state index in [-0.39, 0.29) is 29.0 Å². The summed E-state index contributed by atoms with van der Waals surface area (Å²) in [5.41, 5.74) is 0.159. The van der Waals surface area contributed by atoms with E-state index >= 15 is 0 Å². The number of anilines is 3. The second-order valence-electron chi connectivity index (χ2n) is 5.77. The molecule has 0 saturated heterocycles. The van der Waals surface area contributed by atoms with Crippen molar-refractivity contribution in [3.8, 4) is 5.88 Å². The Kier molecular flexibility index (Phi) is 3.92. The van der Waals surface area contributed by atoms with Crippen LogP contribution in [0.15, 0.2) is 45.7 Å². The van der Waals surface area contributed by atoms with E-state index in [1.807, 2.05) is 29.1 Å². The number of fused-ring (bicyclic) bond motifs is 1. The topological polar surface area (TPSA) is 109 Å². The average Bonchev–Trinajstić information content (AvgIpc) is 3.24. The highest BCUT2D eigenvalue weighted by molar-refractivity contribution is 7.15. The van der Waals surface area contributed by atoms with Crippen molar-refractivity contribution in [2.24, 2.45) is 0 Å². The third-order valence-electron chi connectivity index (χ3n) is 4.15. The minimum Gasteiger partial charge on any atom is -0.492 e. The van der Waals surface area contributed by atoms with Crippen LogP contribution in [0.5, 0.6) is 5.88 Å². The molecule has 132 valence electrons. The number of pyridine rings is 1. The van der Waals surface area contributed by atoms with E-state index < -0.39 is 10.9 Å². The van der Waals surface area contributed by atoms with Crippen LogP contribution in [0.1, 0.15) is 25.1 Å². The summed E-state index contributed by atoms with van der Waals surface area (Å²) in [5.74, 6) is -0.243. The quantitative estimate of drug-likeness (QED) is 0.448. The molecular formula is C17H15N5O3S. The van der Waals surface area contributed by atoms with E-state index in [0.29, 0.717) is 6.42 Å². The van der Waals surface area contributed by atoms with Gasteiger partial charge in [0.05, 0.1) is 11.7 Å². The van der Waals surface area contributed by atoms with Gasteiger partial charge in [0.25, 0.3) is 10.9 Å². The van der Waals surface area contributed by atoms with Gasteiger partial charge < -0.3 is 15.7 Å². The molecule has 0 spiro atoms. The molecule has 26 heavy (non-hydrogen) atoms. The largest absolute Gasteiger partial charge is 0.492 e. The van der Waals surface area contributed by atoms with Crippen molar-refractivity contribution >= 4 is 33.4 Å². The summed E-state index contributed by atoms with van der Waals surface area (Å²) in [6.45, 7) is 1.97. The molecule has 0 radical (unpaired) electrons. The van der Waals surface area contributed by atoms with Crippen LogP contribution in [-0.4, -0.2) is 19.5 Å². The van der Waals surface area contributed by atoms with Crippen LogP contribution in [0, 0.1) is 0 Å². The monoisotopic (exact) mass is 369 g/mol. The highest BCUT2D eigenvalue weighted by atomic mass is 32.1. The highest BCUT2D eigenvalue weighted by Crippen LogP contribution is 2.29. The van der Waals surface area contributed by atoms with Crippen LogP contribution in [-0.2, 0) is 0 Å². The Balaban J connectivity index is 1.62. The highest BCUT2D eigenvalue weighted by Gasteiger charge is 2.25. The molecule has 9 heteroatoms. The number of hydrogen-bond acceptors (Lipinski definition) is 8. The lowest BCUT2D eigenvalue weighted by atomic mass is 10.1. The molecule has 0 fully saturated rings. The van der Waals surface area contributed by atoms with Gasteiger partial charge in [-0.05, 0) is 18.6 Å². The first-order valence-corrected chi connectivity index (χ1v) is 8.89. The molecule has 8 nitrogen and oxygen atoms in total. The molecule has 1 unspecified atom stereocenters. The van der Waals surface area contributed by atoms with Crippen molar-refractivity contribution in [2.45, 2.75) is 19.4 Å². The second-order valence-corrected chi connectivity index (χ2v) is 6.64. The van der Waals surface area contributed by atoms with Crippen LogP contribution in [0.4, 0.5) is 17.1 Å². The zero-order chi connectivity index (χ0) is 18.3. The van der Waals surface area contributed by atoms with Gasteiger partial charge in [-0.25, -0.2) is 9.97 Å². The van der Waals surface area contributed by atoms with Gasteiger partial charge in [0.2, 0.25) is 5.88 Å². The normalized spacial score (nSPS) is 12.5.